The van der Waals surface area contributed by atoms with Crippen LogP contribution in [0.15, 0.2) is 40.9 Å². The minimum absolute atomic E-state index is 0.0510. The van der Waals surface area contributed by atoms with Gasteiger partial charge in [-0.05, 0) is 12.5 Å². The molecule has 1 saturated heterocycles. The Hall–Kier alpha value is -2.40. The Morgan fingerprint density at radius 3 is 2.60 bits per heavy atom. The first-order valence-corrected chi connectivity index (χ1v) is 8.87. The number of piperazine rings is 1. The Morgan fingerprint density at radius 2 is 1.92 bits per heavy atom. The quantitative estimate of drug-likeness (QED) is 0.840. The van der Waals surface area contributed by atoms with Crippen LogP contribution in [0.4, 0.5) is 0 Å². The molecule has 0 N–H and O–H groups in total. The molecule has 1 fully saturated rings. The number of nitrogens with zero attached hydrogens (tertiary/aromatic N) is 3. The minimum atomic E-state index is 0.0510. The van der Waals surface area contributed by atoms with Crippen LogP contribution in [-0.4, -0.2) is 53.6 Å². The maximum absolute atomic E-state index is 12.8. The molecule has 25 heavy (non-hydrogen) atoms. The van der Waals surface area contributed by atoms with Crippen molar-refractivity contribution in [3.63, 3.8) is 0 Å². The lowest BCUT2D eigenvalue weighted by Crippen LogP contribution is -2.48. The maximum Gasteiger partial charge on any atom is 0.259 e. The highest BCUT2D eigenvalue weighted by Crippen LogP contribution is 2.18. The van der Waals surface area contributed by atoms with E-state index in [1.807, 2.05) is 36.9 Å². The van der Waals surface area contributed by atoms with E-state index in [0.29, 0.717) is 23.4 Å². The van der Waals surface area contributed by atoms with Crippen LogP contribution in [0.2, 0.25) is 0 Å². The summed E-state index contributed by atoms with van der Waals surface area (Å²) in [6.45, 7) is 7.97. The van der Waals surface area contributed by atoms with Crippen LogP contribution in [0.1, 0.15) is 34.3 Å². The second kappa shape index (κ2) is 8.12. The lowest BCUT2D eigenvalue weighted by atomic mass is 10.1. The summed E-state index contributed by atoms with van der Waals surface area (Å²) in [7, 11) is 0. The predicted octanol–water partition coefficient (Wildman–Crippen LogP) is 3.02. The van der Waals surface area contributed by atoms with Crippen LogP contribution < -0.4 is 0 Å². The summed E-state index contributed by atoms with van der Waals surface area (Å²) >= 11 is 0. The van der Waals surface area contributed by atoms with Crippen molar-refractivity contribution in [2.75, 3.05) is 32.7 Å². The topological polar surface area (TPSA) is 49.6 Å². The first kappa shape index (κ1) is 17.4. The number of amides is 1. The van der Waals surface area contributed by atoms with Crippen LogP contribution in [0, 0.1) is 6.92 Å². The fourth-order valence-electron chi connectivity index (χ4n) is 3.13. The summed E-state index contributed by atoms with van der Waals surface area (Å²) < 4.78 is 5.26. The van der Waals surface area contributed by atoms with Gasteiger partial charge in [-0.3, -0.25) is 9.69 Å². The number of rotatable bonds is 5. The van der Waals surface area contributed by atoms with Crippen LogP contribution in [0.3, 0.4) is 0 Å². The van der Waals surface area contributed by atoms with Crippen molar-refractivity contribution in [1.29, 1.82) is 0 Å². The predicted molar refractivity (Wildman–Crippen MR) is 98.4 cm³/mol. The highest BCUT2D eigenvalue weighted by atomic mass is 16.5. The number of aromatic nitrogens is 1. The van der Waals surface area contributed by atoms with Crippen molar-refractivity contribution in [2.45, 2.75) is 20.3 Å². The van der Waals surface area contributed by atoms with Gasteiger partial charge in [0, 0.05) is 39.1 Å². The molecule has 0 unspecified atom stereocenters. The zero-order chi connectivity index (χ0) is 17.6. The van der Waals surface area contributed by atoms with E-state index in [2.05, 4.69) is 34.3 Å². The third-order valence-corrected chi connectivity index (χ3v) is 4.60. The first-order valence-electron chi connectivity index (χ1n) is 8.87. The van der Waals surface area contributed by atoms with Gasteiger partial charge in [-0.25, -0.2) is 0 Å². The second-order valence-corrected chi connectivity index (χ2v) is 6.33. The molecular formula is C20H25N3O2. The van der Waals surface area contributed by atoms with Gasteiger partial charge in [-0.1, -0.05) is 54.6 Å². The maximum atomic E-state index is 12.8. The van der Waals surface area contributed by atoms with Crippen molar-refractivity contribution >= 4 is 12.0 Å². The zero-order valence-corrected chi connectivity index (χ0v) is 14.9. The molecular weight excluding hydrogens is 314 g/mol. The Bertz CT molecular complexity index is 729. The van der Waals surface area contributed by atoms with Gasteiger partial charge in [0.15, 0.2) is 0 Å². The minimum Gasteiger partial charge on any atom is -0.360 e. The highest BCUT2D eigenvalue weighted by molar-refractivity contribution is 5.96. The summed E-state index contributed by atoms with van der Waals surface area (Å²) in [5.41, 5.74) is 2.56. The summed E-state index contributed by atoms with van der Waals surface area (Å²) in [6.07, 6.45) is 5.02. The van der Waals surface area contributed by atoms with Gasteiger partial charge >= 0.3 is 0 Å². The molecule has 1 aliphatic heterocycles. The lowest BCUT2D eigenvalue weighted by molar-refractivity contribution is 0.0647. The van der Waals surface area contributed by atoms with Crippen LogP contribution in [0.25, 0.3) is 6.08 Å². The summed E-state index contributed by atoms with van der Waals surface area (Å²) in [5.74, 6) is 0.741. The molecule has 132 valence electrons. The van der Waals surface area contributed by atoms with E-state index in [4.69, 9.17) is 4.52 Å². The molecule has 3 rings (SSSR count). The van der Waals surface area contributed by atoms with E-state index in [1.54, 1.807) is 0 Å². The molecule has 1 amide bonds. The average molecular weight is 339 g/mol. The molecule has 0 aliphatic carbocycles. The lowest BCUT2D eigenvalue weighted by Gasteiger charge is -2.34. The monoisotopic (exact) mass is 339 g/mol. The number of carbonyl (C=O) groups excluding carboxylic acids is 1. The van der Waals surface area contributed by atoms with Crippen LogP contribution >= 0.6 is 0 Å². The van der Waals surface area contributed by atoms with Gasteiger partial charge in [0.1, 0.15) is 11.3 Å². The Morgan fingerprint density at radius 1 is 1.20 bits per heavy atom. The molecule has 5 nitrogen and oxygen atoms in total. The summed E-state index contributed by atoms with van der Waals surface area (Å²) in [4.78, 5) is 17.0. The third kappa shape index (κ3) is 4.17. The van der Waals surface area contributed by atoms with Crippen molar-refractivity contribution in [1.82, 2.24) is 15.0 Å². The van der Waals surface area contributed by atoms with E-state index >= 15 is 0 Å². The normalized spacial score (nSPS) is 15.8. The average Bonchev–Trinajstić information content (AvgIpc) is 3.03. The fourth-order valence-corrected chi connectivity index (χ4v) is 3.13. The molecule has 1 aromatic heterocycles. The second-order valence-electron chi connectivity index (χ2n) is 6.33. The summed E-state index contributed by atoms with van der Waals surface area (Å²) in [6, 6.07) is 10.3. The first-order chi connectivity index (χ1) is 12.2. The van der Waals surface area contributed by atoms with E-state index < -0.39 is 0 Å². The van der Waals surface area contributed by atoms with Crippen molar-refractivity contribution in [3.8, 4) is 0 Å². The summed E-state index contributed by atoms with van der Waals surface area (Å²) in [5, 5.41) is 3.95. The third-order valence-electron chi connectivity index (χ3n) is 4.60. The zero-order valence-electron chi connectivity index (χ0n) is 14.9. The van der Waals surface area contributed by atoms with E-state index in [-0.39, 0.29) is 5.91 Å². The molecule has 0 atom stereocenters. The molecule has 0 radical (unpaired) electrons. The van der Waals surface area contributed by atoms with Crippen molar-refractivity contribution < 1.29 is 9.32 Å². The van der Waals surface area contributed by atoms with Gasteiger partial charge in [0.05, 0.1) is 5.69 Å². The number of aryl methyl sites for hydroxylation is 2. The standard InChI is InChI=1S/C20H25N3O2/c1-3-18-19(16(2)21-25-18)20(24)23-14-12-22(13-15-23)11-7-10-17-8-5-4-6-9-17/h4-10H,3,11-15H2,1-2H3/b10-7+. The Balaban J connectivity index is 1.52. The fraction of sp³-hybridized carbons (Fsp3) is 0.400. The van der Waals surface area contributed by atoms with E-state index in [9.17, 15) is 4.79 Å². The largest absolute Gasteiger partial charge is 0.360 e. The molecule has 0 bridgehead atoms. The van der Waals surface area contributed by atoms with Crippen LogP contribution in [0.5, 0.6) is 0 Å². The van der Waals surface area contributed by atoms with Crippen molar-refractivity contribution in [3.05, 3.63) is 59.0 Å². The molecule has 0 spiro atoms. The van der Waals surface area contributed by atoms with Gasteiger partial charge in [0.25, 0.3) is 5.91 Å². The van der Waals surface area contributed by atoms with E-state index in [0.717, 1.165) is 32.7 Å². The Labute approximate surface area is 148 Å². The molecule has 0 saturated carbocycles. The van der Waals surface area contributed by atoms with Gasteiger partial charge in [-0.15, -0.1) is 0 Å². The van der Waals surface area contributed by atoms with Gasteiger partial charge in [-0.2, -0.15) is 0 Å². The molecule has 5 heteroatoms. The van der Waals surface area contributed by atoms with Gasteiger partial charge < -0.3 is 9.42 Å². The Kier molecular flexibility index (Phi) is 5.66. The number of hydrogen-bond donors (Lipinski definition) is 0. The number of benzene rings is 1. The smallest absolute Gasteiger partial charge is 0.259 e. The molecule has 1 aliphatic rings. The molecule has 2 aromatic rings. The van der Waals surface area contributed by atoms with E-state index in [1.165, 1.54) is 5.56 Å². The highest BCUT2D eigenvalue weighted by Gasteiger charge is 2.27. The van der Waals surface area contributed by atoms with Crippen LogP contribution in [-0.2, 0) is 6.42 Å². The molecule has 1 aromatic carbocycles. The van der Waals surface area contributed by atoms with Crippen molar-refractivity contribution in [2.24, 2.45) is 0 Å². The molecule has 2 heterocycles. The number of carbonyl (C=O) groups is 1. The SMILES string of the molecule is CCc1onc(C)c1C(=O)N1CCN(C/C=C/c2ccccc2)CC1. The number of hydrogen-bond acceptors (Lipinski definition) is 4. The van der Waals surface area contributed by atoms with Gasteiger partial charge in [0.2, 0.25) is 0 Å².